The van der Waals surface area contributed by atoms with Gasteiger partial charge >= 0.3 is 0 Å². The maximum Gasteiger partial charge on any atom is 0.233 e. The van der Waals surface area contributed by atoms with E-state index in [2.05, 4.69) is 38.3 Å². The predicted molar refractivity (Wildman–Crippen MR) is 60.2 cm³/mol. The van der Waals surface area contributed by atoms with Crippen LogP contribution in [0.1, 0.15) is 40.5 Å². The maximum atomic E-state index is 11.2. The third kappa shape index (κ3) is 9.52. The van der Waals surface area contributed by atoms with Crippen LogP contribution in [0.15, 0.2) is 0 Å². The summed E-state index contributed by atoms with van der Waals surface area (Å²) in [5.41, 5.74) is 0.240. The molecule has 1 amide bonds. The van der Waals surface area contributed by atoms with Gasteiger partial charge in [-0.05, 0) is 11.8 Å². The summed E-state index contributed by atoms with van der Waals surface area (Å²) < 4.78 is 0. The molecule has 2 N–H and O–H groups in total. The molecule has 3 nitrogen and oxygen atoms in total. The average molecular weight is 200 g/mol. The highest BCUT2D eigenvalue weighted by Crippen LogP contribution is 2.09. The van der Waals surface area contributed by atoms with Gasteiger partial charge in [-0.15, -0.1) is 0 Å². The monoisotopic (exact) mass is 200 g/mol. The molecule has 0 bridgehead atoms. The van der Waals surface area contributed by atoms with Crippen LogP contribution in [0.2, 0.25) is 0 Å². The Bertz CT molecular complexity index is 161. The molecule has 0 heterocycles. The van der Waals surface area contributed by atoms with Gasteiger partial charge in [0.1, 0.15) is 0 Å². The quantitative estimate of drug-likeness (QED) is 0.639. The van der Waals surface area contributed by atoms with Crippen LogP contribution in [0.4, 0.5) is 0 Å². The molecule has 0 aromatic carbocycles. The molecule has 0 aromatic heterocycles. The zero-order valence-electron chi connectivity index (χ0n) is 9.94. The van der Waals surface area contributed by atoms with Gasteiger partial charge in [0.2, 0.25) is 5.91 Å². The molecule has 0 unspecified atom stereocenters. The number of rotatable bonds is 6. The van der Waals surface area contributed by atoms with E-state index in [1.54, 1.807) is 0 Å². The number of unbranched alkanes of at least 4 members (excludes halogenated alkanes) is 1. The second-order valence-electron chi connectivity index (χ2n) is 4.87. The van der Waals surface area contributed by atoms with E-state index < -0.39 is 0 Å². The summed E-state index contributed by atoms with van der Waals surface area (Å²) in [4.78, 5) is 11.2. The van der Waals surface area contributed by atoms with E-state index in [1.165, 1.54) is 0 Å². The third-order valence-electron chi connectivity index (χ3n) is 1.79. The van der Waals surface area contributed by atoms with Crippen LogP contribution in [0.25, 0.3) is 0 Å². The molecule has 0 spiro atoms. The van der Waals surface area contributed by atoms with Gasteiger partial charge in [-0.1, -0.05) is 34.1 Å². The van der Waals surface area contributed by atoms with E-state index in [4.69, 9.17) is 0 Å². The van der Waals surface area contributed by atoms with Crippen molar-refractivity contribution < 1.29 is 4.79 Å². The summed E-state index contributed by atoms with van der Waals surface area (Å²) in [6.45, 7) is 10.7. The second kappa shape index (κ2) is 6.82. The van der Waals surface area contributed by atoms with Crippen molar-refractivity contribution in [1.82, 2.24) is 10.6 Å². The second-order valence-corrected chi connectivity index (χ2v) is 4.87. The Kier molecular flexibility index (Phi) is 6.54. The lowest BCUT2D eigenvalue weighted by molar-refractivity contribution is -0.120. The van der Waals surface area contributed by atoms with Gasteiger partial charge in [0.15, 0.2) is 0 Å². The molecule has 0 aliphatic heterocycles. The van der Waals surface area contributed by atoms with E-state index in [-0.39, 0.29) is 11.3 Å². The van der Waals surface area contributed by atoms with Gasteiger partial charge in [0.25, 0.3) is 0 Å². The van der Waals surface area contributed by atoms with Crippen molar-refractivity contribution >= 4 is 5.91 Å². The zero-order chi connectivity index (χ0) is 11.0. The molecule has 0 atom stereocenters. The Morgan fingerprint density at radius 2 is 1.93 bits per heavy atom. The number of carbonyl (C=O) groups excluding carboxylic acids is 1. The summed E-state index contributed by atoms with van der Waals surface area (Å²) >= 11 is 0. The average Bonchev–Trinajstić information content (AvgIpc) is 2.02. The number of carbonyl (C=O) groups is 1. The van der Waals surface area contributed by atoms with Crippen LogP contribution in [-0.2, 0) is 4.79 Å². The van der Waals surface area contributed by atoms with Gasteiger partial charge in [-0.25, -0.2) is 0 Å². The summed E-state index contributed by atoms with van der Waals surface area (Å²) in [5.74, 6) is 0.0997. The first kappa shape index (κ1) is 13.4. The fourth-order valence-corrected chi connectivity index (χ4v) is 1.02. The minimum Gasteiger partial charge on any atom is -0.355 e. The minimum absolute atomic E-state index is 0.0997. The van der Waals surface area contributed by atoms with E-state index >= 15 is 0 Å². The molecule has 0 radical (unpaired) electrons. The fourth-order valence-electron chi connectivity index (χ4n) is 1.02. The maximum absolute atomic E-state index is 11.2. The Morgan fingerprint density at radius 3 is 2.43 bits per heavy atom. The molecule has 0 fully saturated rings. The SMILES string of the molecule is CCCCNC(=O)CNCC(C)(C)C. The summed E-state index contributed by atoms with van der Waals surface area (Å²) in [6, 6.07) is 0. The lowest BCUT2D eigenvalue weighted by Gasteiger charge is -2.18. The van der Waals surface area contributed by atoms with Crippen LogP contribution in [0, 0.1) is 5.41 Å². The van der Waals surface area contributed by atoms with Crippen molar-refractivity contribution in [2.75, 3.05) is 19.6 Å². The van der Waals surface area contributed by atoms with Gasteiger partial charge in [-0.2, -0.15) is 0 Å². The lowest BCUT2D eigenvalue weighted by Crippen LogP contribution is -2.37. The number of nitrogens with one attached hydrogen (secondary N) is 2. The first-order chi connectivity index (χ1) is 6.45. The van der Waals surface area contributed by atoms with Crippen molar-refractivity contribution in [1.29, 1.82) is 0 Å². The van der Waals surface area contributed by atoms with E-state index in [0.717, 1.165) is 25.9 Å². The minimum atomic E-state index is 0.0997. The van der Waals surface area contributed by atoms with E-state index in [9.17, 15) is 4.79 Å². The molecule has 14 heavy (non-hydrogen) atoms. The number of hydrogen-bond acceptors (Lipinski definition) is 2. The molecular formula is C11H24N2O. The van der Waals surface area contributed by atoms with Crippen LogP contribution >= 0.6 is 0 Å². The van der Waals surface area contributed by atoms with Crippen molar-refractivity contribution in [3.63, 3.8) is 0 Å². The third-order valence-corrected chi connectivity index (χ3v) is 1.79. The van der Waals surface area contributed by atoms with Gasteiger partial charge in [0, 0.05) is 13.1 Å². The van der Waals surface area contributed by atoms with E-state index in [0.29, 0.717) is 6.54 Å². The molecule has 84 valence electrons. The van der Waals surface area contributed by atoms with Crippen LogP contribution in [0.5, 0.6) is 0 Å². The topological polar surface area (TPSA) is 41.1 Å². The number of hydrogen-bond donors (Lipinski definition) is 2. The van der Waals surface area contributed by atoms with Crippen molar-refractivity contribution in [2.24, 2.45) is 5.41 Å². The van der Waals surface area contributed by atoms with E-state index in [1.807, 2.05) is 0 Å². The normalized spacial score (nSPS) is 11.4. The highest BCUT2D eigenvalue weighted by Gasteiger charge is 2.09. The zero-order valence-corrected chi connectivity index (χ0v) is 9.94. The molecule has 0 aromatic rings. The first-order valence-corrected chi connectivity index (χ1v) is 5.43. The Hall–Kier alpha value is -0.570. The van der Waals surface area contributed by atoms with Crippen molar-refractivity contribution in [3.8, 4) is 0 Å². The largest absolute Gasteiger partial charge is 0.355 e. The molecule has 3 heteroatoms. The molecule has 0 aliphatic rings. The Morgan fingerprint density at radius 1 is 1.29 bits per heavy atom. The molecular weight excluding hydrogens is 176 g/mol. The van der Waals surface area contributed by atoms with Crippen LogP contribution in [-0.4, -0.2) is 25.5 Å². The molecule has 0 rings (SSSR count). The van der Waals surface area contributed by atoms with Crippen molar-refractivity contribution in [3.05, 3.63) is 0 Å². The highest BCUT2D eigenvalue weighted by molar-refractivity contribution is 5.77. The number of amides is 1. The van der Waals surface area contributed by atoms with Crippen LogP contribution < -0.4 is 10.6 Å². The summed E-state index contributed by atoms with van der Waals surface area (Å²) in [5, 5.41) is 6.01. The highest BCUT2D eigenvalue weighted by atomic mass is 16.1. The van der Waals surface area contributed by atoms with Gasteiger partial charge in [0.05, 0.1) is 6.54 Å². The van der Waals surface area contributed by atoms with Crippen LogP contribution in [0.3, 0.4) is 0 Å². The Balaban J connectivity index is 3.36. The summed E-state index contributed by atoms with van der Waals surface area (Å²) in [7, 11) is 0. The predicted octanol–water partition coefficient (Wildman–Crippen LogP) is 1.54. The van der Waals surface area contributed by atoms with Gasteiger partial charge in [-0.3, -0.25) is 4.79 Å². The molecule has 0 saturated heterocycles. The standard InChI is InChI=1S/C11H24N2O/c1-5-6-7-13-10(14)8-12-9-11(2,3)4/h12H,5-9H2,1-4H3,(H,13,14). The smallest absolute Gasteiger partial charge is 0.233 e. The first-order valence-electron chi connectivity index (χ1n) is 5.43. The lowest BCUT2D eigenvalue weighted by atomic mass is 9.97. The summed E-state index contributed by atoms with van der Waals surface area (Å²) in [6.07, 6.45) is 2.18. The van der Waals surface area contributed by atoms with Crippen molar-refractivity contribution in [2.45, 2.75) is 40.5 Å². The molecule has 0 saturated carbocycles. The molecule has 0 aliphatic carbocycles. The fraction of sp³-hybridized carbons (Fsp3) is 0.909. The Labute approximate surface area is 87.6 Å². The van der Waals surface area contributed by atoms with Gasteiger partial charge < -0.3 is 10.6 Å².